The molecule has 0 saturated heterocycles. The summed E-state index contributed by atoms with van der Waals surface area (Å²) >= 11 is 5.95. The predicted octanol–water partition coefficient (Wildman–Crippen LogP) is 2.59. The second-order valence-corrected chi connectivity index (χ2v) is 3.95. The number of benzene rings is 1. The van der Waals surface area contributed by atoms with E-state index in [-0.39, 0.29) is 0 Å². The van der Waals surface area contributed by atoms with E-state index < -0.39 is 5.89 Å². The first-order chi connectivity index (χ1) is 6.59. The lowest BCUT2D eigenvalue weighted by Crippen LogP contribution is -2.18. The molecule has 0 radical (unpaired) electrons. The minimum atomic E-state index is -0.559. The zero-order valence-corrected chi connectivity index (χ0v) is 8.49. The molecule has 1 aliphatic heterocycles. The lowest BCUT2D eigenvalue weighted by Gasteiger charge is -2.11. The number of hydrogen-bond donors (Lipinski definition) is 1. The molecule has 1 N–H and O–H groups in total. The molecule has 0 spiro atoms. The van der Waals surface area contributed by atoms with Crippen molar-refractivity contribution < 1.29 is 1.37 Å². The predicted molar refractivity (Wildman–Crippen MR) is 56.4 cm³/mol. The van der Waals surface area contributed by atoms with E-state index in [1.54, 1.807) is 0 Å². The van der Waals surface area contributed by atoms with Gasteiger partial charge in [-0.25, -0.2) is 0 Å². The van der Waals surface area contributed by atoms with Crippen LogP contribution in [0.25, 0.3) is 0 Å². The SMILES string of the molecule is [2H][C@]1(C)CNCCc2ccc(Cl)cc21. The fraction of sp³-hybridized carbons (Fsp3) is 0.455. The van der Waals surface area contributed by atoms with Gasteiger partial charge in [0.05, 0.1) is 0 Å². The number of fused-ring (bicyclic) bond motifs is 1. The highest BCUT2D eigenvalue weighted by Crippen LogP contribution is 2.25. The van der Waals surface area contributed by atoms with E-state index >= 15 is 0 Å². The van der Waals surface area contributed by atoms with Crippen molar-refractivity contribution >= 4 is 11.6 Å². The van der Waals surface area contributed by atoms with Gasteiger partial charge in [-0.05, 0) is 42.1 Å². The molecule has 2 rings (SSSR count). The molecule has 1 aromatic rings. The second kappa shape index (κ2) is 3.69. The lowest BCUT2D eigenvalue weighted by atomic mass is 9.96. The Morgan fingerprint density at radius 2 is 2.46 bits per heavy atom. The van der Waals surface area contributed by atoms with Gasteiger partial charge in [-0.15, -0.1) is 0 Å². The Labute approximate surface area is 85.5 Å². The molecular weight excluding hydrogens is 182 g/mol. The van der Waals surface area contributed by atoms with Gasteiger partial charge < -0.3 is 5.32 Å². The first-order valence-electron chi connectivity index (χ1n) is 5.09. The first-order valence-corrected chi connectivity index (χ1v) is 4.97. The number of hydrogen-bond acceptors (Lipinski definition) is 1. The quantitative estimate of drug-likeness (QED) is 0.673. The molecule has 0 aromatic heterocycles. The highest BCUT2D eigenvalue weighted by molar-refractivity contribution is 6.30. The summed E-state index contributed by atoms with van der Waals surface area (Å²) in [5.74, 6) is -0.559. The molecule has 0 aliphatic carbocycles. The van der Waals surface area contributed by atoms with Crippen molar-refractivity contribution in [3.05, 3.63) is 34.3 Å². The summed E-state index contributed by atoms with van der Waals surface area (Å²) in [7, 11) is 0. The minimum absolute atomic E-state index is 0.559. The third-order valence-corrected chi connectivity index (χ3v) is 2.73. The van der Waals surface area contributed by atoms with E-state index in [4.69, 9.17) is 13.0 Å². The van der Waals surface area contributed by atoms with Gasteiger partial charge in [0, 0.05) is 12.9 Å². The van der Waals surface area contributed by atoms with Crippen molar-refractivity contribution in [2.75, 3.05) is 13.1 Å². The van der Waals surface area contributed by atoms with Crippen LogP contribution >= 0.6 is 11.6 Å². The second-order valence-electron chi connectivity index (χ2n) is 3.51. The van der Waals surface area contributed by atoms with Gasteiger partial charge in [-0.3, -0.25) is 0 Å². The molecule has 70 valence electrons. The van der Waals surface area contributed by atoms with Crippen LogP contribution in [0, 0.1) is 0 Å². The van der Waals surface area contributed by atoms with Gasteiger partial charge in [-0.1, -0.05) is 24.6 Å². The van der Waals surface area contributed by atoms with E-state index in [1.165, 1.54) is 5.56 Å². The van der Waals surface area contributed by atoms with Gasteiger partial charge in [-0.2, -0.15) is 0 Å². The maximum Gasteiger partial charge on any atom is 0.0409 e. The lowest BCUT2D eigenvalue weighted by molar-refractivity contribution is 0.644. The number of rotatable bonds is 0. The van der Waals surface area contributed by atoms with E-state index in [1.807, 2.05) is 25.1 Å². The molecule has 13 heavy (non-hydrogen) atoms. The van der Waals surface area contributed by atoms with Crippen LogP contribution in [0.1, 0.15) is 25.3 Å². The molecule has 0 amide bonds. The van der Waals surface area contributed by atoms with Gasteiger partial charge in [0.25, 0.3) is 0 Å². The van der Waals surface area contributed by atoms with Crippen LogP contribution in [0.4, 0.5) is 0 Å². The fourth-order valence-electron chi connectivity index (χ4n) is 1.76. The Kier molecular flexibility index (Phi) is 2.22. The van der Waals surface area contributed by atoms with E-state index in [0.717, 1.165) is 23.6 Å². The van der Waals surface area contributed by atoms with Crippen molar-refractivity contribution in [2.45, 2.75) is 19.2 Å². The summed E-state index contributed by atoms with van der Waals surface area (Å²) < 4.78 is 8.22. The van der Waals surface area contributed by atoms with Crippen LogP contribution in [0.5, 0.6) is 0 Å². The molecule has 1 heterocycles. The summed E-state index contributed by atoms with van der Waals surface area (Å²) in [5, 5.41) is 4.00. The van der Waals surface area contributed by atoms with Crippen molar-refractivity contribution in [1.82, 2.24) is 5.32 Å². The molecular formula is C11H14ClN. The smallest absolute Gasteiger partial charge is 0.0409 e. The van der Waals surface area contributed by atoms with E-state index in [0.29, 0.717) is 6.54 Å². The molecule has 0 bridgehead atoms. The average molecular weight is 197 g/mol. The molecule has 1 aromatic carbocycles. The Morgan fingerprint density at radius 1 is 1.62 bits per heavy atom. The summed E-state index contributed by atoms with van der Waals surface area (Å²) in [6, 6.07) is 5.87. The molecule has 0 saturated carbocycles. The van der Waals surface area contributed by atoms with Crippen molar-refractivity contribution in [3.8, 4) is 0 Å². The normalized spacial score (nSPS) is 28.9. The van der Waals surface area contributed by atoms with Crippen LogP contribution in [-0.4, -0.2) is 13.1 Å². The Hall–Kier alpha value is -0.530. The van der Waals surface area contributed by atoms with Crippen molar-refractivity contribution in [1.29, 1.82) is 0 Å². The van der Waals surface area contributed by atoms with Gasteiger partial charge >= 0.3 is 0 Å². The van der Waals surface area contributed by atoms with Crippen LogP contribution < -0.4 is 5.32 Å². The molecule has 0 unspecified atom stereocenters. The Balaban J connectivity index is 2.52. The van der Waals surface area contributed by atoms with Gasteiger partial charge in [0.1, 0.15) is 0 Å². The van der Waals surface area contributed by atoms with Crippen molar-refractivity contribution in [3.63, 3.8) is 0 Å². The number of nitrogens with one attached hydrogen (secondary N) is 1. The van der Waals surface area contributed by atoms with Gasteiger partial charge in [0.2, 0.25) is 0 Å². The fourth-order valence-corrected chi connectivity index (χ4v) is 1.93. The molecule has 2 heteroatoms. The third-order valence-electron chi connectivity index (χ3n) is 2.49. The maximum atomic E-state index is 8.22. The molecule has 1 atom stereocenters. The summed E-state index contributed by atoms with van der Waals surface area (Å²) in [6.45, 7) is 3.57. The molecule has 1 aliphatic rings. The Bertz CT molecular complexity index is 349. The zero-order chi connectivity index (χ0) is 10.2. The summed E-state index contributed by atoms with van der Waals surface area (Å²) in [5.41, 5.74) is 2.31. The Morgan fingerprint density at radius 3 is 3.31 bits per heavy atom. The third kappa shape index (κ3) is 1.87. The van der Waals surface area contributed by atoms with E-state index in [2.05, 4.69) is 5.32 Å². The zero-order valence-electron chi connectivity index (χ0n) is 8.73. The molecule has 1 nitrogen and oxygen atoms in total. The largest absolute Gasteiger partial charge is 0.316 e. The topological polar surface area (TPSA) is 12.0 Å². The highest BCUT2D eigenvalue weighted by Gasteiger charge is 2.13. The summed E-state index contributed by atoms with van der Waals surface area (Å²) in [4.78, 5) is 0. The van der Waals surface area contributed by atoms with Crippen LogP contribution in [0.15, 0.2) is 18.2 Å². The average Bonchev–Trinajstić information content (AvgIpc) is 2.26. The van der Waals surface area contributed by atoms with Gasteiger partial charge in [0.15, 0.2) is 0 Å². The van der Waals surface area contributed by atoms with Crippen LogP contribution in [-0.2, 0) is 6.42 Å². The molecule has 0 fully saturated rings. The monoisotopic (exact) mass is 196 g/mol. The number of halogens is 1. The summed E-state index contributed by atoms with van der Waals surface area (Å²) in [6.07, 6.45) is 0.987. The van der Waals surface area contributed by atoms with E-state index in [9.17, 15) is 0 Å². The van der Waals surface area contributed by atoms with Crippen LogP contribution in [0.2, 0.25) is 5.02 Å². The minimum Gasteiger partial charge on any atom is -0.316 e. The first kappa shape index (κ1) is 7.84. The maximum absolute atomic E-state index is 8.22. The van der Waals surface area contributed by atoms with Crippen LogP contribution in [0.3, 0.4) is 0 Å². The standard InChI is InChI=1S/C11H14ClN/c1-8-7-13-5-4-9-2-3-10(12)6-11(8)9/h2-3,6,8,13H,4-5,7H2,1H3/t8-/m0/s1/i8D. The highest BCUT2D eigenvalue weighted by atomic mass is 35.5. The van der Waals surface area contributed by atoms with Crippen molar-refractivity contribution in [2.24, 2.45) is 0 Å².